The van der Waals surface area contributed by atoms with Gasteiger partial charge in [0.1, 0.15) is 0 Å². The van der Waals surface area contributed by atoms with Crippen molar-refractivity contribution in [1.29, 1.82) is 0 Å². The molecule has 0 bridgehead atoms. The van der Waals surface area contributed by atoms with Crippen LogP contribution in [0.5, 0.6) is 0 Å². The number of rotatable bonds is 4. The number of amides is 1. The summed E-state index contributed by atoms with van der Waals surface area (Å²) in [4.78, 5) is 21.5. The molecular weight excluding hydrogens is 354 g/mol. The van der Waals surface area contributed by atoms with Gasteiger partial charge in [0.15, 0.2) is 5.82 Å². The Morgan fingerprint density at radius 2 is 1.82 bits per heavy atom. The van der Waals surface area contributed by atoms with E-state index in [1.807, 2.05) is 42.5 Å². The average molecular weight is 377 g/mol. The van der Waals surface area contributed by atoms with Crippen LogP contribution in [0.1, 0.15) is 16.2 Å². The van der Waals surface area contributed by atoms with E-state index in [2.05, 4.69) is 38.4 Å². The zero-order valence-electron chi connectivity index (χ0n) is 16.1. The average Bonchev–Trinajstić information content (AvgIpc) is 3.15. The number of hydrogen-bond acceptors (Lipinski definition) is 6. The molecule has 0 unspecified atom stereocenters. The fourth-order valence-electron chi connectivity index (χ4n) is 3.22. The van der Waals surface area contributed by atoms with Gasteiger partial charge in [0.05, 0.1) is 0 Å². The van der Waals surface area contributed by atoms with Crippen LogP contribution in [0, 0.1) is 6.92 Å². The molecule has 1 aliphatic rings. The number of piperazine rings is 1. The van der Waals surface area contributed by atoms with Crippen LogP contribution < -0.4 is 10.2 Å². The van der Waals surface area contributed by atoms with Gasteiger partial charge in [-0.05, 0) is 56.4 Å². The van der Waals surface area contributed by atoms with E-state index < -0.39 is 0 Å². The van der Waals surface area contributed by atoms with Gasteiger partial charge in [-0.1, -0.05) is 11.2 Å². The Kier molecular flexibility index (Phi) is 5.08. The molecule has 3 aromatic rings. The minimum absolute atomic E-state index is 0.127. The van der Waals surface area contributed by atoms with E-state index >= 15 is 0 Å². The van der Waals surface area contributed by atoms with Gasteiger partial charge < -0.3 is 19.6 Å². The largest absolute Gasteiger partial charge is 0.369 e. The molecule has 0 aliphatic carbocycles. The first-order chi connectivity index (χ1) is 13.6. The van der Waals surface area contributed by atoms with Crippen LogP contribution in [0.3, 0.4) is 0 Å². The molecule has 0 atom stereocenters. The summed E-state index contributed by atoms with van der Waals surface area (Å²) in [6.45, 7) is 5.78. The number of nitrogens with one attached hydrogen (secondary N) is 1. The molecule has 7 nitrogen and oxygen atoms in total. The van der Waals surface area contributed by atoms with E-state index in [0.29, 0.717) is 17.3 Å². The van der Waals surface area contributed by atoms with E-state index in [1.165, 1.54) is 0 Å². The Balaban J connectivity index is 1.44. The summed E-state index contributed by atoms with van der Waals surface area (Å²) < 4.78 is 5.16. The monoisotopic (exact) mass is 377 g/mol. The van der Waals surface area contributed by atoms with E-state index in [1.54, 1.807) is 6.92 Å². The van der Waals surface area contributed by atoms with Crippen LogP contribution in [0.15, 0.2) is 53.1 Å². The summed E-state index contributed by atoms with van der Waals surface area (Å²) in [5.41, 5.74) is 3.27. The van der Waals surface area contributed by atoms with Gasteiger partial charge in [-0.2, -0.15) is 4.98 Å². The first kappa shape index (κ1) is 18.2. The molecule has 1 saturated heterocycles. The maximum Gasteiger partial charge on any atom is 0.257 e. The molecule has 1 amide bonds. The SMILES string of the molecule is Cc1noc(-c2ccc(NC(=O)c3cccc(N4CCN(C)CC4)c3)cc2)n1. The molecule has 2 aromatic carbocycles. The molecule has 2 heterocycles. The summed E-state index contributed by atoms with van der Waals surface area (Å²) in [6, 6.07) is 15.1. The fourth-order valence-corrected chi connectivity index (χ4v) is 3.22. The van der Waals surface area contributed by atoms with Crippen LogP contribution in [0.4, 0.5) is 11.4 Å². The minimum Gasteiger partial charge on any atom is -0.369 e. The number of hydrogen-bond donors (Lipinski definition) is 1. The van der Waals surface area contributed by atoms with Gasteiger partial charge in [-0.25, -0.2) is 0 Å². The fraction of sp³-hybridized carbons (Fsp3) is 0.286. The van der Waals surface area contributed by atoms with Crippen molar-refractivity contribution < 1.29 is 9.32 Å². The number of aryl methyl sites for hydroxylation is 1. The molecular formula is C21H23N5O2. The summed E-state index contributed by atoms with van der Waals surface area (Å²) in [7, 11) is 2.13. The van der Waals surface area contributed by atoms with Gasteiger partial charge in [0.2, 0.25) is 0 Å². The highest BCUT2D eigenvalue weighted by Gasteiger charge is 2.16. The third-order valence-corrected chi connectivity index (χ3v) is 4.89. The second kappa shape index (κ2) is 7.82. The van der Waals surface area contributed by atoms with Crippen LogP contribution in [-0.4, -0.2) is 54.2 Å². The maximum absolute atomic E-state index is 12.7. The molecule has 28 heavy (non-hydrogen) atoms. The molecule has 0 radical (unpaired) electrons. The second-order valence-corrected chi connectivity index (χ2v) is 7.02. The Morgan fingerprint density at radius 1 is 1.07 bits per heavy atom. The predicted octanol–water partition coefficient (Wildman–Crippen LogP) is 3.05. The van der Waals surface area contributed by atoms with Crippen molar-refractivity contribution in [2.75, 3.05) is 43.4 Å². The van der Waals surface area contributed by atoms with E-state index in [4.69, 9.17) is 4.52 Å². The standard InChI is InChI=1S/C21H23N5O2/c1-15-22-21(28-24-15)16-6-8-18(9-7-16)23-20(27)17-4-3-5-19(14-17)26-12-10-25(2)11-13-26/h3-9,14H,10-13H2,1-2H3,(H,23,27). The van der Waals surface area contributed by atoms with Gasteiger partial charge in [0.25, 0.3) is 11.8 Å². The molecule has 7 heteroatoms. The zero-order chi connectivity index (χ0) is 19.5. The Labute approximate surface area is 164 Å². The Bertz CT molecular complexity index is 959. The van der Waals surface area contributed by atoms with Crippen molar-refractivity contribution >= 4 is 17.3 Å². The highest BCUT2D eigenvalue weighted by molar-refractivity contribution is 6.04. The summed E-state index contributed by atoms with van der Waals surface area (Å²) in [5.74, 6) is 0.931. The lowest BCUT2D eigenvalue weighted by Gasteiger charge is -2.34. The van der Waals surface area contributed by atoms with Crippen molar-refractivity contribution in [2.45, 2.75) is 6.92 Å². The third-order valence-electron chi connectivity index (χ3n) is 4.89. The molecule has 0 saturated carbocycles. The van der Waals surface area contributed by atoms with Crippen LogP contribution in [-0.2, 0) is 0 Å². The molecule has 0 spiro atoms. The van der Waals surface area contributed by atoms with Gasteiger partial charge >= 0.3 is 0 Å². The number of carbonyl (C=O) groups is 1. The normalized spacial score (nSPS) is 14.9. The number of carbonyl (C=O) groups excluding carboxylic acids is 1. The summed E-state index contributed by atoms with van der Waals surface area (Å²) >= 11 is 0. The molecule has 4 rings (SSSR count). The van der Waals surface area contributed by atoms with Crippen molar-refractivity contribution in [2.24, 2.45) is 0 Å². The molecule has 1 aromatic heterocycles. The van der Waals surface area contributed by atoms with Crippen molar-refractivity contribution in [3.63, 3.8) is 0 Å². The zero-order valence-corrected chi connectivity index (χ0v) is 16.1. The quantitative estimate of drug-likeness (QED) is 0.753. The lowest BCUT2D eigenvalue weighted by molar-refractivity contribution is 0.102. The molecule has 1 N–H and O–H groups in total. The number of benzene rings is 2. The first-order valence-electron chi connectivity index (χ1n) is 9.34. The molecule has 1 aliphatic heterocycles. The lowest BCUT2D eigenvalue weighted by atomic mass is 10.1. The van der Waals surface area contributed by atoms with Gasteiger partial charge in [0, 0.05) is 48.7 Å². The second-order valence-electron chi connectivity index (χ2n) is 7.02. The molecule has 1 fully saturated rings. The predicted molar refractivity (Wildman–Crippen MR) is 109 cm³/mol. The number of nitrogens with zero attached hydrogens (tertiary/aromatic N) is 4. The number of anilines is 2. The highest BCUT2D eigenvalue weighted by atomic mass is 16.5. The van der Waals surface area contributed by atoms with Crippen LogP contribution >= 0.6 is 0 Å². The van der Waals surface area contributed by atoms with Gasteiger partial charge in [-0.3, -0.25) is 4.79 Å². The van der Waals surface area contributed by atoms with E-state index in [-0.39, 0.29) is 5.91 Å². The summed E-state index contributed by atoms with van der Waals surface area (Å²) in [5, 5.41) is 6.74. The van der Waals surface area contributed by atoms with Crippen molar-refractivity contribution in [3.05, 3.63) is 59.9 Å². The Morgan fingerprint density at radius 3 is 2.50 bits per heavy atom. The number of aromatic nitrogens is 2. The third kappa shape index (κ3) is 4.04. The first-order valence-corrected chi connectivity index (χ1v) is 9.34. The highest BCUT2D eigenvalue weighted by Crippen LogP contribution is 2.21. The topological polar surface area (TPSA) is 74.5 Å². The van der Waals surface area contributed by atoms with Gasteiger partial charge in [-0.15, -0.1) is 0 Å². The van der Waals surface area contributed by atoms with E-state index in [0.717, 1.165) is 43.1 Å². The lowest BCUT2D eigenvalue weighted by Crippen LogP contribution is -2.44. The summed E-state index contributed by atoms with van der Waals surface area (Å²) in [6.07, 6.45) is 0. The Hall–Kier alpha value is -3.19. The minimum atomic E-state index is -0.127. The van der Waals surface area contributed by atoms with E-state index in [9.17, 15) is 4.79 Å². The smallest absolute Gasteiger partial charge is 0.257 e. The van der Waals surface area contributed by atoms with Crippen molar-refractivity contribution in [1.82, 2.24) is 15.0 Å². The van der Waals surface area contributed by atoms with Crippen LogP contribution in [0.2, 0.25) is 0 Å². The maximum atomic E-state index is 12.7. The number of likely N-dealkylation sites (N-methyl/N-ethyl adjacent to an activating group) is 1. The van der Waals surface area contributed by atoms with Crippen LogP contribution in [0.25, 0.3) is 11.5 Å². The molecule has 144 valence electrons. The van der Waals surface area contributed by atoms with Crippen molar-refractivity contribution in [3.8, 4) is 11.5 Å².